The highest BCUT2D eigenvalue weighted by atomic mass is 16.6. The van der Waals surface area contributed by atoms with E-state index in [4.69, 9.17) is 9.47 Å². The number of hydrogen-bond donors (Lipinski definition) is 0. The van der Waals surface area contributed by atoms with E-state index in [1.165, 1.54) is 0 Å². The highest BCUT2D eigenvalue weighted by Crippen LogP contribution is 2.40. The van der Waals surface area contributed by atoms with Crippen molar-refractivity contribution in [2.45, 2.75) is 12.2 Å². The molecule has 2 atom stereocenters. The van der Waals surface area contributed by atoms with E-state index < -0.39 is 0 Å². The highest BCUT2D eigenvalue weighted by Gasteiger charge is 2.45. The van der Waals surface area contributed by atoms with Crippen molar-refractivity contribution in [3.05, 3.63) is 65.7 Å². The molecule has 1 saturated heterocycles. The van der Waals surface area contributed by atoms with Crippen LogP contribution in [-0.4, -0.2) is 19.0 Å². The number of methoxy groups -OCH3 is 1. The number of hydrogen-bond acceptors (Lipinski definition) is 3. The third-order valence-electron chi connectivity index (χ3n) is 3.25. The lowest BCUT2D eigenvalue weighted by Gasteiger charge is -2.01. The van der Waals surface area contributed by atoms with Crippen molar-refractivity contribution in [2.24, 2.45) is 0 Å². The Labute approximate surface area is 111 Å². The number of rotatable bonds is 4. The SMILES string of the molecule is COc1ccc(C(=O)[C@@H]2O[C@H]2c2ccccc2)cc1. The van der Waals surface area contributed by atoms with Crippen LogP contribution in [0.15, 0.2) is 54.6 Å². The van der Waals surface area contributed by atoms with Crippen LogP contribution in [0.3, 0.4) is 0 Å². The van der Waals surface area contributed by atoms with Gasteiger partial charge in [-0.3, -0.25) is 4.79 Å². The summed E-state index contributed by atoms with van der Waals surface area (Å²) >= 11 is 0. The lowest BCUT2D eigenvalue weighted by atomic mass is 10.0. The van der Waals surface area contributed by atoms with Crippen LogP contribution in [0.25, 0.3) is 0 Å². The first-order chi connectivity index (χ1) is 9.29. The van der Waals surface area contributed by atoms with Gasteiger partial charge in [-0.25, -0.2) is 0 Å². The molecule has 1 aliphatic rings. The molecule has 0 amide bonds. The van der Waals surface area contributed by atoms with E-state index in [9.17, 15) is 4.79 Å². The summed E-state index contributed by atoms with van der Waals surface area (Å²) in [6, 6.07) is 16.9. The summed E-state index contributed by atoms with van der Waals surface area (Å²) in [6.07, 6.45) is -0.452. The van der Waals surface area contributed by atoms with Gasteiger partial charge in [0.25, 0.3) is 0 Å². The van der Waals surface area contributed by atoms with E-state index in [2.05, 4.69) is 0 Å². The van der Waals surface area contributed by atoms with Crippen LogP contribution in [0.5, 0.6) is 5.75 Å². The van der Waals surface area contributed by atoms with Gasteiger partial charge < -0.3 is 9.47 Å². The largest absolute Gasteiger partial charge is 0.497 e. The zero-order valence-corrected chi connectivity index (χ0v) is 10.6. The van der Waals surface area contributed by atoms with Gasteiger partial charge in [0.2, 0.25) is 0 Å². The smallest absolute Gasteiger partial charge is 0.194 e. The molecule has 1 heterocycles. The van der Waals surface area contributed by atoms with E-state index in [1.54, 1.807) is 31.4 Å². The van der Waals surface area contributed by atoms with Crippen LogP contribution in [-0.2, 0) is 4.74 Å². The molecule has 0 aromatic heterocycles. The topological polar surface area (TPSA) is 38.8 Å². The van der Waals surface area contributed by atoms with E-state index in [-0.39, 0.29) is 18.0 Å². The van der Waals surface area contributed by atoms with E-state index in [0.29, 0.717) is 5.56 Å². The normalized spacial score (nSPS) is 20.9. The molecule has 0 bridgehead atoms. The minimum absolute atomic E-state index is 0.0245. The van der Waals surface area contributed by atoms with Crippen LogP contribution in [0.1, 0.15) is 22.0 Å². The van der Waals surface area contributed by atoms with Crippen molar-refractivity contribution >= 4 is 5.78 Å². The van der Waals surface area contributed by atoms with E-state index in [1.807, 2.05) is 30.3 Å². The lowest BCUT2D eigenvalue weighted by Crippen LogP contribution is -2.08. The fourth-order valence-electron chi connectivity index (χ4n) is 2.13. The number of epoxide rings is 1. The molecule has 3 nitrogen and oxygen atoms in total. The molecule has 3 rings (SSSR count). The first kappa shape index (κ1) is 11.9. The first-order valence-corrected chi connectivity index (χ1v) is 6.18. The molecule has 3 heteroatoms. The van der Waals surface area contributed by atoms with Crippen LogP contribution in [0.4, 0.5) is 0 Å². The average molecular weight is 254 g/mol. The Morgan fingerprint density at radius 2 is 1.74 bits per heavy atom. The van der Waals surface area contributed by atoms with Gasteiger partial charge in [-0.15, -0.1) is 0 Å². The number of carbonyl (C=O) groups excluding carboxylic acids is 1. The quantitative estimate of drug-likeness (QED) is 0.622. The lowest BCUT2D eigenvalue weighted by molar-refractivity contribution is 0.0953. The summed E-state index contributed by atoms with van der Waals surface area (Å²) in [5, 5.41) is 0. The Morgan fingerprint density at radius 3 is 2.37 bits per heavy atom. The van der Waals surface area contributed by atoms with Gasteiger partial charge in [-0.1, -0.05) is 30.3 Å². The number of carbonyl (C=O) groups is 1. The van der Waals surface area contributed by atoms with Gasteiger partial charge in [0.1, 0.15) is 11.9 Å². The van der Waals surface area contributed by atoms with Crippen molar-refractivity contribution in [1.82, 2.24) is 0 Å². The second kappa shape index (κ2) is 4.86. The number of ketones is 1. The van der Waals surface area contributed by atoms with Gasteiger partial charge in [0.15, 0.2) is 11.9 Å². The van der Waals surface area contributed by atoms with Crippen molar-refractivity contribution in [3.8, 4) is 5.75 Å². The third kappa shape index (κ3) is 2.37. The van der Waals surface area contributed by atoms with Crippen LogP contribution >= 0.6 is 0 Å². The molecule has 0 radical (unpaired) electrons. The van der Waals surface area contributed by atoms with Crippen LogP contribution in [0.2, 0.25) is 0 Å². The zero-order valence-electron chi connectivity index (χ0n) is 10.6. The summed E-state index contributed by atoms with van der Waals surface area (Å²) in [5.74, 6) is 0.768. The molecule has 0 saturated carbocycles. The Kier molecular flexibility index (Phi) is 3.05. The Hall–Kier alpha value is -2.13. The monoisotopic (exact) mass is 254 g/mol. The summed E-state index contributed by atoms with van der Waals surface area (Å²) < 4.78 is 10.6. The Balaban J connectivity index is 1.72. The van der Waals surface area contributed by atoms with Gasteiger partial charge in [-0.05, 0) is 29.8 Å². The molecule has 0 spiro atoms. The Morgan fingerprint density at radius 1 is 1.05 bits per heavy atom. The molecule has 2 aromatic carbocycles. The minimum Gasteiger partial charge on any atom is -0.497 e. The summed E-state index contributed by atoms with van der Waals surface area (Å²) in [4.78, 5) is 12.2. The molecule has 0 unspecified atom stereocenters. The standard InChI is InChI=1S/C16H14O3/c1-18-13-9-7-11(8-10-13)14(17)16-15(19-16)12-5-3-2-4-6-12/h2-10,15-16H,1H3/t15-,16-/m0/s1. The zero-order chi connectivity index (χ0) is 13.2. The van der Waals surface area contributed by atoms with E-state index in [0.717, 1.165) is 11.3 Å². The van der Waals surface area contributed by atoms with Gasteiger partial charge in [0.05, 0.1) is 7.11 Å². The number of Topliss-reactive ketones (excluding diaryl/α,β-unsaturated/α-hetero) is 1. The molecule has 1 aliphatic heterocycles. The molecule has 96 valence electrons. The number of ether oxygens (including phenoxy) is 2. The molecule has 2 aromatic rings. The van der Waals surface area contributed by atoms with Crippen molar-refractivity contribution in [2.75, 3.05) is 7.11 Å². The predicted molar refractivity (Wildman–Crippen MR) is 71.4 cm³/mol. The maximum Gasteiger partial charge on any atom is 0.194 e. The van der Waals surface area contributed by atoms with E-state index >= 15 is 0 Å². The molecule has 1 fully saturated rings. The second-order valence-corrected chi connectivity index (χ2v) is 4.48. The minimum atomic E-state index is -0.351. The second-order valence-electron chi connectivity index (χ2n) is 4.48. The maximum absolute atomic E-state index is 12.2. The fourth-order valence-corrected chi connectivity index (χ4v) is 2.13. The highest BCUT2D eigenvalue weighted by molar-refractivity contribution is 6.01. The molecular formula is C16H14O3. The first-order valence-electron chi connectivity index (χ1n) is 6.18. The molecule has 19 heavy (non-hydrogen) atoms. The molecular weight excluding hydrogens is 240 g/mol. The van der Waals surface area contributed by atoms with Crippen LogP contribution in [0, 0.1) is 0 Å². The fraction of sp³-hybridized carbons (Fsp3) is 0.188. The summed E-state index contributed by atoms with van der Waals surface area (Å²) in [7, 11) is 1.60. The van der Waals surface area contributed by atoms with Crippen molar-refractivity contribution in [1.29, 1.82) is 0 Å². The third-order valence-corrected chi connectivity index (χ3v) is 3.25. The summed E-state index contributed by atoms with van der Waals surface area (Å²) in [6.45, 7) is 0. The number of benzene rings is 2. The van der Waals surface area contributed by atoms with Gasteiger partial charge >= 0.3 is 0 Å². The van der Waals surface area contributed by atoms with Crippen molar-refractivity contribution in [3.63, 3.8) is 0 Å². The molecule has 0 aliphatic carbocycles. The Bertz CT molecular complexity index is 575. The van der Waals surface area contributed by atoms with Crippen LogP contribution < -0.4 is 4.74 Å². The molecule has 0 N–H and O–H groups in total. The average Bonchev–Trinajstić information content (AvgIpc) is 3.28. The summed E-state index contributed by atoms with van der Waals surface area (Å²) in [5.41, 5.74) is 1.71. The predicted octanol–water partition coefficient (Wildman–Crippen LogP) is 3.02. The van der Waals surface area contributed by atoms with Gasteiger partial charge in [0, 0.05) is 5.56 Å². The van der Waals surface area contributed by atoms with Gasteiger partial charge in [-0.2, -0.15) is 0 Å². The maximum atomic E-state index is 12.2. The van der Waals surface area contributed by atoms with Crippen molar-refractivity contribution < 1.29 is 14.3 Å².